The van der Waals surface area contributed by atoms with E-state index in [-0.39, 0.29) is 64.3 Å². The molecule has 0 radical (unpaired) electrons. The Balaban J connectivity index is 1.37. The van der Waals surface area contributed by atoms with Gasteiger partial charge in [-0.2, -0.15) is 18.2 Å². The summed E-state index contributed by atoms with van der Waals surface area (Å²) in [5.41, 5.74) is 1.51. The van der Waals surface area contributed by atoms with E-state index in [0.29, 0.717) is 42.8 Å². The van der Waals surface area contributed by atoms with Gasteiger partial charge in [0.1, 0.15) is 11.2 Å². The summed E-state index contributed by atoms with van der Waals surface area (Å²) in [4.78, 5) is 47.1. The van der Waals surface area contributed by atoms with Crippen LogP contribution in [0.25, 0.3) is 22.4 Å². The Labute approximate surface area is 280 Å². The monoisotopic (exact) mass is 681 g/mol. The van der Waals surface area contributed by atoms with Crippen LogP contribution in [-0.2, 0) is 22.1 Å². The van der Waals surface area contributed by atoms with Crippen LogP contribution >= 0.6 is 0 Å². The van der Waals surface area contributed by atoms with Crippen molar-refractivity contribution < 1.29 is 37.3 Å². The third-order valence-electron chi connectivity index (χ3n) is 9.23. The average Bonchev–Trinajstić information content (AvgIpc) is 3.68. The Morgan fingerprint density at radius 1 is 1.12 bits per heavy atom. The summed E-state index contributed by atoms with van der Waals surface area (Å²) in [5.74, 6) is -1.60. The maximum atomic E-state index is 14.2. The molecule has 0 spiro atoms. The summed E-state index contributed by atoms with van der Waals surface area (Å²) in [6.45, 7) is 1.18. The van der Waals surface area contributed by atoms with Gasteiger partial charge in [-0.3, -0.25) is 19.9 Å². The molecule has 3 N–H and O–H groups in total. The normalized spacial score (nSPS) is 15.8. The quantitative estimate of drug-likeness (QED) is 0.148. The average molecular weight is 682 g/mol. The Bertz CT molecular complexity index is 1870. The summed E-state index contributed by atoms with van der Waals surface area (Å²) < 4.78 is 53.4. The lowest BCUT2D eigenvalue weighted by Gasteiger charge is -2.34. The number of ether oxygens (including phenoxy) is 2. The number of rotatable bonds is 13. The minimum absolute atomic E-state index is 0.00613. The summed E-state index contributed by atoms with van der Waals surface area (Å²) in [5, 5.41) is 11.7. The molecule has 1 amide bonds. The highest BCUT2D eigenvalue weighted by Crippen LogP contribution is 2.46. The van der Waals surface area contributed by atoms with Crippen molar-refractivity contribution in [2.45, 2.75) is 63.5 Å². The molecule has 0 aromatic carbocycles. The fourth-order valence-corrected chi connectivity index (χ4v) is 6.75. The molecule has 0 aliphatic heterocycles. The molecule has 2 fully saturated rings. The number of fused-ring (bicyclic) bond motifs is 1. The second kappa shape index (κ2) is 13.6. The van der Waals surface area contributed by atoms with E-state index >= 15 is 0 Å². The van der Waals surface area contributed by atoms with Crippen molar-refractivity contribution >= 4 is 34.7 Å². The van der Waals surface area contributed by atoms with Crippen LogP contribution in [0.4, 0.5) is 24.8 Å². The van der Waals surface area contributed by atoms with Gasteiger partial charge in [0.15, 0.2) is 5.65 Å². The number of alkyl halides is 3. The van der Waals surface area contributed by atoms with Crippen molar-refractivity contribution in [3.05, 3.63) is 53.0 Å². The molecule has 260 valence electrons. The SMILES string of the molecule is COCC1(CN(C)c2cc(-c3cnc(C4CC4)c(C(F)(F)F)c3)nc3nc(NC(=O)c4ccc(CCC(=O)O)c(OC)n4)[nH]c23)CCCC1. The number of methoxy groups -OCH3 is 2. The summed E-state index contributed by atoms with van der Waals surface area (Å²) in [6, 6.07) is 5.87. The summed E-state index contributed by atoms with van der Waals surface area (Å²) in [6.07, 6.45) is 2.36. The van der Waals surface area contributed by atoms with Crippen molar-refractivity contribution in [1.29, 1.82) is 0 Å². The number of pyridine rings is 3. The number of carboxylic acids is 1. The zero-order valence-corrected chi connectivity index (χ0v) is 27.5. The van der Waals surface area contributed by atoms with Crippen molar-refractivity contribution in [2.75, 3.05) is 44.6 Å². The zero-order valence-electron chi connectivity index (χ0n) is 27.5. The molecular weight excluding hydrogens is 643 g/mol. The molecular formula is C34H38F3N7O5. The number of aryl methyl sites for hydroxylation is 1. The van der Waals surface area contributed by atoms with E-state index in [1.807, 2.05) is 11.9 Å². The number of amides is 1. The van der Waals surface area contributed by atoms with Gasteiger partial charge in [-0.05, 0) is 50.3 Å². The number of aromatic amines is 1. The van der Waals surface area contributed by atoms with Gasteiger partial charge in [-0.1, -0.05) is 18.9 Å². The van der Waals surface area contributed by atoms with Crippen LogP contribution in [0.5, 0.6) is 5.88 Å². The number of nitrogens with zero attached hydrogens (tertiary/aromatic N) is 5. The molecule has 4 heterocycles. The molecule has 0 bridgehead atoms. The van der Waals surface area contributed by atoms with Gasteiger partial charge < -0.3 is 24.5 Å². The topological polar surface area (TPSA) is 155 Å². The first-order valence-electron chi connectivity index (χ1n) is 16.1. The van der Waals surface area contributed by atoms with Gasteiger partial charge in [0, 0.05) is 55.8 Å². The Hall–Kier alpha value is -4.79. The summed E-state index contributed by atoms with van der Waals surface area (Å²) in [7, 11) is 4.96. The molecule has 4 aromatic heterocycles. The molecule has 2 saturated carbocycles. The largest absolute Gasteiger partial charge is 0.481 e. The molecule has 0 unspecified atom stereocenters. The number of nitrogens with one attached hydrogen (secondary N) is 2. The van der Waals surface area contributed by atoms with E-state index < -0.39 is 23.6 Å². The first kappa shape index (κ1) is 34.1. The van der Waals surface area contributed by atoms with Crippen molar-refractivity contribution in [1.82, 2.24) is 24.9 Å². The predicted molar refractivity (Wildman–Crippen MR) is 175 cm³/mol. The number of imidazole rings is 1. The second-order valence-electron chi connectivity index (χ2n) is 12.9. The lowest BCUT2D eigenvalue weighted by Crippen LogP contribution is -2.37. The van der Waals surface area contributed by atoms with Gasteiger partial charge >= 0.3 is 12.1 Å². The molecule has 6 rings (SSSR count). The lowest BCUT2D eigenvalue weighted by molar-refractivity contribution is -0.138. The number of halogens is 3. The predicted octanol–water partition coefficient (Wildman–Crippen LogP) is 6.23. The smallest absolute Gasteiger partial charge is 0.418 e. The highest BCUT2D eigenvalue weighted by molar-refractivity contribution is 6.03. The molecule has 49 heavy (non-hydrogen) atoms. The van der Waals surface area contributed by atoms with Crippen molar-refractivity contribution in [3.8, 4) is 17.1 Å². The van der Waals surface area contributed by atoms with E-state index in [0.717, 1.165) is 31.7 Å². The van der Waals surface area contributed by atoms with E-state index in [1.54, 1.807) is 19.2 Å². The number of hydrogen-bond acceptors (Lipinski definition) is 9. The Kier molecular flexibility index (Phi) is 9.47. The number of aliphatic carboxylic acids is 1. The van der Waals surface area contributed by atoms with Crippen LogP contribution in [0.15, 0.2) is 30.5 Å². The molecule has 0 saturated heterocycles. The zero-order chi connectivity index (χ0) is 34.9. The number of carboxylic acid groups (broad SMARTS) is 1. The third kappa shape index (κ3) is 7.46. The minimum Gasteiger partial charge on any atom is -0.481 e. The van der Waals surface area contributed by atoms with Gasteiger partial charge in [0.25, 0.3) is 5.91 Å². The number of anilines is 2. The fourth-order valence-electron chi connectivity index (χ4n) is 6.75. The van der Waals surface area contributed by atoms with Crippen LogP contribution < -0.4 is 15.0 Å². The van der Waals surface area contributed by atoms with Crippen LogP contribution in [0.3, 0.4) is 0 Å². The molecule has 12 nitrogen and oxygen atoms in total. The van der Waals surface area contributed by atoms with Gasteiger partial charge in [0.2, 0.25) is 11.8 Å². The van der Waals surface area contributed by atoms with Crippen molar-refractivity contribution in [2.24, 2.45) is 5.41 Å². The number of hydrogen-bond donors (Lipinski definition) is 3. The molecule has 0 atom stereocenters. The van der Waals surface area contributed by atoms with E-state index in [4.69, 9.17) is 14.6 Å². The Morgan fingerprint density at radius 3 is 2.53 bits per heavy atom. The van der Waals surface area contributed by atoms with Crippen LogP contribution in [0, 0.1) is 5.41 Å². The number of H-pyrrole nitrogens is 1. The van der Waals surface area contributed by atoms with Gasteiger partial charge in [0.05, 0.1) is 36.4 Å². The first-order chi connectivity index (χ1) is 23.4. The van der Waals surface area contributed by atoms with E-state index in [2.05, 4.69) is 30.2 Å². The first-order valence-corrected chi connectivity index (χ1v) is 16.1. The van der Waals surface area contributed by atoms with Crippen LogP contribution in [0.2, 0.25) is 0 Å². The fraction of sp³-hybridized carbons (Fsp3) is 0.471. The standard InChI is InChI=1S/C34H38F3N7O5/c1-44(17-33(18-48-2)12-4-5-13-33)25-15-24(21-14-22(34(35,36)37)27(38-16-21)19-6-7-19)39-29-28(25)41-32(42-29)43-30(47)23-10-8-20(9-11-26(45)46)31(40-23)49-3/h8,10,14-16,19H,4-7,9,11-13,17-18H2,1-3H3,(H,45,46)(H2,39,41,42,43,47). The minimum atomic E-state index is -4.57. The van der Waals surface area contributed by atoms with Gasteiger partial charge in [-0.15, -0.1) is 0 Å². The summed E-state index contributed by atoms with van der Waals surface area (Å²) >= 11 is 0. The molecule has 15 heteroatoms. The Morgan fingerprint density at radius 2 is 1.88 bits per heavy atom. The van der Waals surface area contributed by atoms with Crippen LogP contribution in [0.1, 0.15) is 78.2 Å². The molecule has 2 aliphatic carbocycles. The second-order valence-corrected chi connectivity index (χ2v) is 12.9. The maximum absolute atomic E-state index is 14.2. The van der Waals surface area contributed by atoms with Gasteiger partial charge in [-0.25, -0.2) is 9.97 Å². The third-order valence-corrected chi connectivity index (χ3v) is 9.23. The van der Waals surface area contributed by atoms with E-state index in [9.17, 15) is 22.8 Å². The number of aromatic nitrogens is 5. The van der Waals surface area contributed by atoms with Crippen LogP contribution in [-0.4, -0.2) is 76.3 Å². The highest BCUT2D eigenvalue weighted by atomic mass is 19.4. The maximum Gasteiger partial charge on any atom is 0.418 e. The molecule has 4 aromatic rings. The lowest BCUT2D eigenvalue weighted by atomic mass is 9.86. The number of carbonyl (C=O) groups excluding carboxylic acids is 1. The van der Waals surface area contributed by atoms with Crippen molar-refractivity contribution in [3.63, 3.8) is 0 Å². The van der Waals surface area contributed by atoms with E-state index in [1.165, 1.54) is 19.4 Å². The number of carbonyl (C=O) groups is 2. The molecule has 2 aliphatic rings. The highest BCUT2D eigenvalue weighted by Gasteiger charge is 2.40.